The number of nitrogens with zero attached hydrogens (tertiary/aromatic N) is 1. The molecule has 1 N–H and O–H groups in total. The first-order valence-corrected chi connectivity index (χ1v) is 6.54. The topological polar surface area (TPSA) is 53.7 Å². The molecule has 2 heterocycles. The number of β-amino-alcohol motifs (C(OH)–C–C–N with tert-alkyl or cyclic N) is 1. The van der Waals surface area contributed by atoms with Crippen molar-refractivity contribution >= 4 is 11.0 Å². The van der Waals surface area contributed by atoms with Crippen LogP contribution in [0.2, 0.25) is 0 Å². The van der Waals surface area contributed by atoms with E-state index in [0.717, 1.165) is 13.0 Å². The third-order valence-corrected chi connectivity index (χ3v) is 3.80. The normalized spacial score (nSPS) is 24.7. The third kappa shape index (κ3) is 2.29. The van der Waals surface area contributed by atoms with Gasteiger partial charge in [0.2, 0.25) is 0 Å². The van der Waals surface area contributed by atoms with E-state index in [1.807, 2.05) is 19.2 Å². The average Bonchev–Trinajstić information content (AvgIpc) is 2.38. The zero-order valence-electron chi connectivity index (χ0n) is 10.9. The molecule has 1 fully saturated rings. The maximum atomic E-state index is 12.1. The van der Waals surface area contributed by atoms with Crippen molar-refractivity contribution in [3.05, 3.63) is 46.3 Å². The Hall–Kier alpha value is -1.65. The lowest BCUT2D eigenvalue weighted by Crippen LogP contribution is -2.40. The minimum absolute atomic E-state index is 0.0389. The molecule has 1 aliphatic rings. The van der Waals surface area contributed by atoms with Gasteiger partial charge in [-0.3, -0.25) is 4.79 Å². The summed E-state index contributed by atoms with van der Waals surface area (Å²) in [5.74, 6) is 0.512. The molecule has 1 aliphatic heterocycles. The Labute approximate surface area is 111 Å². The van der Waals surface area contributed by atoms with Crippen molar-refractivity contribution in [3.63, 3.8) is 0 Å². The SMILES string of the molecule is CN1CC[C@@H](c2cc(=O)c3ccccc3o2)[C@H](O)C1. The molecule has 0 aliphatic carbocycles. The highest BCUT2D eigenvalue weighted by Crippen LogP contribution is 2.28. The van der Waals surface area contributed by atoms with Crippen LogP contribution in [0.4, 0.5) is 0 Å². The van der Waals surface area contributed by atoms with Gasteiger partial charge in [0.1, 0.15) is 11.3 Å². The number of hydrogen-bond donors (Lipinski definition) is 1. The summed E-state index contributed by atoms with van der Waals surface area (Å²) < 4.78 is 5.81. The summed E-state index contributed by atoms with van der Waals surface area (Å²) in [5, 5.41) is 10.7. The lowest BCUT2D eigenvalue weighted by Gasteiger charge is -2.32. The summed E-state index contributed by atoms with van der Waals surface area (Å²) in [6.45, 7) is 1.51. The van der Waals surface area contributed by atoms with Crippen molar-refractivity contribution in [1.29, 1.82) is 0 Å². The minimum atomic E-state index is -0.483. The summed E-state index contributed by atoms with van der Waals surface area (Å²) in [5.41, 5.74) is 0.555. The van der Waals surface area contributed by atoms with Gasteiger partial charge >= 0.3 is 0 Å². The van der Waals surface area contributed by atoms with E-state index in [4.69, 9.17) is 4.42 Å². The Kier molecular flexibility index (Phi) is 3.12. The Balaban J connectivity index is 2.04. The number of likely N-dealkylation sites (N-methyl/N-ethyl adjacent to an activating group) is 1. The number of para-hydroxylation sites is 1. The number of aliphatic hydroxyl groups excluding tert-OH is 1. The second kappa shape index (κ2) is 4.79. The predicted molar refractivity (Wildman–Crippen MR) is 73.3 cm³/mol. The number of likely N-dealkylation sites (tertiary alicyclic amines) is 1. The number of benzene rings is 1. The molecule has 2 atom stereocenters. The highest BCUT2D eigenvalue weighted by atomic mass is 16.3. The monoisotopic (exact) mass is 259 g/mol. The van der Waals surface area contributed by atoms with Crippen LogP contribution in [-0.4, -0.2) is 36.2 Å². The van der Waals surface area contributed by atoms with Crippen LogP contribution in [0, 0.1) is 0 Å². The molecule has 1 aromatic heterocycles. The fourth-order valence-electron chi connectivity index (χ4n) is 2.73. The molecule has 0 radical (unpaired) electrons. The maximum Gasteiger partial charge on any atom is 0.192 e. The van der Waals surface area contributed by atoms with Crippen LogP contribution in [0.3, 0.4) is 0 Å². The van der Waals surface area contributed by atoms with Crippen molar-refractivity contribution in [2.24, 2.45) is 0 Å². The van der Waals surface area contributed by atoms with Crippen LogP contribution in [0.15, 0.2) is 39.5 Å². The fraction of sp³-hybridized carbons (Fsp3) is 0.400. The largest absolute Gasteiger partial charge is 0.460 e. The number of rotatable bonds is 1. The zero-order chi connectivity index (χ0) is 13.4. The minimum Gasteiger partial charge on any atom is -0.460 e. The molecule has 2 aromatic rings. The molecule has 4 nitrogen and oxygen atoms in total. The molecule has 0 amide bonds. The van der Waals surface area contributed by atoms with Crippen LogP contribution in [0.1, 0.15) is 18.1 Å². The Bertz CT molecular complexity index is 649. The van der Waals surface area contributed by atoms with Crippen LogP contribution in [0.5, 0.6) is 0 Å². The quantitative estimate of drug-likeness (QED) is 0.844. The molecular weight excluding hydrogens is 242 g/mol. The van der Waals surface area contributed by atoms with Crippen LogP contribution >= 0.6 is 0 Å². The molecule has 4 heteroatoms. The second-order valence-corrected chi connectivity index (χ2v) is 5.23. The van der Waals surface area contributed by atoms with Crippen molar-refractivity contribution in [2.75, 3.05) is 20.1 Å². The third-order valence-electron chi connectivity index (χ3n) is 3.80. The molecule has 100 valence electrons. The van der Waals surface area contributed by atoms with Gasteiger partial charge in [-0.1, -0.05) is 12.1 Å². The van der Waals surface area contributed by atoms with Gasteiger partial charge in [-0.15, -0.1) is 0 Å². The van der Waals surface area contributed by atoms with Crippen molar-refractivity contribution < 1.29 is 9.52 Å². The Morgan fingerprint density at radius 1 is 1.37 bits per heavy atom. The van der Waals surface area contributed by atoms with Gasteiger partial charge in [-0.25, -0.2) is 0 Å². The second-order valence-electron chi connectivity index (χ2n) is 5.23. The fourth-order valence-corrected chi connectivity index (χ4v) is 2.73. The van der Waals surface area contributed by atoms with Crippen LogP contribution < -0.4 is 5.43 Å². The standard InChI is InChI=1S/C15H17NO3/c1-16-7-6-11(13(18)9-16)15-8-12(17)10-4-2-3-5-14(10)19-15/h2-5,8,11,13,18H,6-7,9H2,1H3/t11-,13-/m1/s1. The molecule has 3 rings (SSSR count). The predicted octanol–water partition coefficient (Wildman–Crippen LogP) is 1.57. The van der Waals surface area contributed by atoms with E-state index in [1.54, 1.807) is 12.1 Å². The number of aliphatic hydroxyl groups is 1. The van der Waals surface area contributed by atoms with Crippen molar-refractivity contribution in [2.45, 2.75) is 18.4 Å². The zero-order valence-corrected chi connectivity index (χ0v) is 10.9. The molecule has 0 bridgehead atoms. The number of hydrogen-bond acceptors (Lipinski definition) is 4. The lowest BCUT2D eigenvalue weighted by molar-refractivity contribution is 0.0565. The van der Waals surface area contributed by atoms with E-state index in [-0.39, 0.29) is 11.3 Å². The number of fused-ring (bicyclic) bond motifs is 1. The van der Waals surface area contributed by atoms with E-state index < -0.39 is 6.10 Å². The summed E-state index contributed by atoms with van der Waals surface area (Å²) in [7, 11) is 1.98. The molecule has 19 heavy (non-hydrogen) atoms. The highest BCUT2D eigenvalue weighted by molar-refractivity contribution is 5.76. The van der Waals surface area contributed by atoms with Crippen molar-refractivity contribution in [1.82, 2.24) is 4.90 Å². The van der Waals surface area contributed by atoms with Gasteiger partial charge < -0.3 is 14.4 Å². The van der Waals surface area contributed by atoms with Crippen LogP contribution in [-0.2, 0) is 0 Å². The summed E-state index contributed by atoms with van der Waals surface area (Å²) in [4.78, 5) is 14.1. The molecule has 1 saturated heterocycles. The molecule has 0 spiro atoms. The maximum absolute atomic E-state index is 12.1. The Morgan fingerprint density at radius 2 is 2.16 bits per heavy atom. The molecule has 0 unspecified atom stereocenters. The van der Waals surface area contributed by atoms with Gasteiger partial charge in [-0.2, -0.15) is 0 Å². The van der Waals surface area contributed by atoms with Crippen molar-refractivity contribution in [3.8, 4) is 0 Å². The molecule has 0 saturated carbocycles. The van der Waals surface area contributed by atoms with Crippen LogP contribution in [0.25, 0.3) is 11.0 Å². The van der Waals surface area contributed by atoms with E-state index in [9.17, 15) is 9.90 Å². The van der Waals surface area contributed by atoms with Gasteiger partial charge in [0.05, 0.1) is 11.5 Å². The first-order chi connectivity index (χ1) is 9.15. The van der Waals surface area contributed by atoms with Gasteiger partial charge in [0.25, 0.3) is 0 Å². The lowest BCUT2D eigenvalue weighted by atomic mass is 9.91. The highest BCUT2D eigenvalue weighted by Gasteiger charge is 2.29. The Morgan fingerprint density at radius 3 is 2.95 bits per heavy atom. The van der Waals surface area contributed by atoms with E-state index >= 15 is 0 Å². The first-order valence-electron chi connectivity index (χ1n) is 6.54. The number of piperidine rings is 1. The molecular formula is C15H17NO3. The van der Waals surface area contributed by atoms with E-state index in [0.29, 0.717) is 23.3 Å². The smallest absolute Gasteiger partial charge is 0.192 e. The molecule has 1 aromatic carbocycles. The summed E-state index contributed by atoms with van der Waals surface area (Å²) in [6, 6.07) is 8.75. The van der Waals surface area contributed by atoms with Gasteiger partial charge in [0, 0.05) is 18.5 Å². The van der Waals surface area contributed by atoms with Gasteiger partial charge in [-0.05, 0) is 32.1 Å². The van der Waals surface area contributed by atoms with E-state index in [2.05, 4.69) is 4.90 Å². The summed E-state index contributed by atoms with van der Waals surface area (Å²) >= 11 is 0. The average molecular weight is 259 g/mol. The van der Waals surface area contributed by atoms with Gasteiger partial charge in [0.15, 0.2) is 5.43 Å². The first kappa shape index (κ1) is 12.4. The summed E-state index contributed by atoms with van der Waals surface area (Å²) in [6.07, 6.45) is 0.321. The van der Waals surface area contributed by atoms with E-state index in [1.165, 1.54) is 6.07 Å².